The summed E-state index contributed by atoms with van der Waals surface area (Å²) < 4.78 is 0. The molecule has 116 valence electrons. The van der Waals surface area contributed by atoms with E-state index in [0.717, 1.165) is 24.3 Å². The molecule has 0 heterocycles. The van der Waals surface area contributed by atoms with Gasteiger partial charge in [-0.25, -0.2) is 0 Å². The van der Waals surface area contributed by atoms with Crippen molar-refractivity contribution in [3.8, 4) is 0 Å². The van der Waals surface area contributed by atoms with Crippen molar-refractivity contribution in [3.63, 3.8) is 0 Å². The minimum absolute atomic E-state index is 0.00191. The van der Waals surface area contributed by atoms with Crippen LogP contribution in [0.3, 0.4) is 0 Å². The lowest BCUT2D eigenvalue weighted by Gasteiger charge is -2.08. The summed E-state index contributed by atoms with van der Waals surface area (Å²) in [4.78, 5) is 23.1. The summed E-state index contributed by atoms with van der Waals surface area (Å²) in [6.45, 7) is 6.27. The second-order valence-corrected chi connectivity index (χ2v) is 4.84. The van der Waals surface area contributed by atoms with Gasteiger partial charge in [0.1, 0.15) is 0 Å². The van der Waals surface area contributed by atoms with E-state index in [1.807, 2.05) is 31.2 Å². The van der Waals surface area contributed by atoms with Gasteiger partial charge in [-0.05, 0) is 37.6 Å². The highest BCUT2D eigenvalue weighted by Crippen LogP contribution is 2.11. The molecule has 5 nitrogen and oxygen atoms in total. The van der Waals surface area contributed by atoms with Crippen molar-refractivity contribution in [1.29, 1.82) is 0 Å². The molecule has 0 aliphatic carbocycles. The molecule has 2 amide bonds. The quantitative estimate of drug-likeness (QED) is 0.652. The van der Waals surface area contributed by atoms with Gasteiger partial charge in [-0.3, -0.25) is 9.59 Å². The van der Waals surface area contributed by atoms with Crippen molar-refractivity contribution in [3.05, 3.63) is 29.8 Å². The molecule has 0 aliphatic rings. The van der Waals surface area contributed by atoms with Crippen molar-refractivity contribution in [1.82, 2.24) is 10.6 Å². The maximum atomic E-state index is 11.8. The fourth-order valence-electron chi connectivity index (χ4n) is 1.95. The third kappa shape index (κ3) is 7.46. The summed E-state index contributed by atoms with van der Waals surface area (Å²) in [7, 11) is 0. The largest absolute Gasteiger partial charge is 0.356 e. The van der Waals surface area contributed by atoms with Gasteiger partial charge in [-0.15, -0.1) is 0 Å². The number of hydrogen-bond acceptors (Lipinski definition) is 3. The standard InChI is InChI=1S/C16H25N3O2/c1-3-17-12-13-7-5-8-14(11-13)19-16(21)10-6-9-15(20)18-4-2/h5,7-8,11,17H,3-4,6,9-10,12H2,1-2H3,(H,18,20)(H,19,21). The Morgan fingerprint density at radius 2 is 1.81 bits per heavy atom. The van der Waals surface area contributed by atoms with E-state index in [9.17, 15) is 9.59 Å². The molecule has 0 aromatic heterocycles. The lowest BCUT2D eigenvalue weighted by atomic mass is 10.2. The maximum Gasteiger partial charge on any atom is 0.224 e. The van der Waals surface area contributed by atoms with Gasteiger partial charge in [0.15, 0.2) is 0 Å². The second kappa shape index (κ2) is 9.94. The fraction of sp³-hybridized carbons (Fsp3) is 0.500. The van der Waals surface area contributed by atoms with Gasteiger partial charge >= 0.3 is 0 Å². The average molecular weight is 291 g/mol. The second-order valence-electron chi connectivity index (χ2n) is 4.84. The highest BCUT2D eigenvalue weighted by molar-refractivity contribution is 5.91. The van der Waals surface area contributed by atoms with Gasteiger partial charge in [-0.2, -0.15) is 0 Å². The molecular formula is C16H25N3O2. The van der Waals surface area contributed by atoms with E-state index in [2.05, 4.69) is 22.9 Å². The SMILES string of the molecule is CCNCc1cccc(NC(=O)CCCC(=O)NCC)c1. The molecule has 21 heavy (non-hydrogen) atoms. The van der Waals surface area contributed by atoms with Crippen LogP contribution in [0.2, 0.25) is 0 Å². The highest BCUT2D eigenvalue weighted by Gasteiger charge is 2.05. The Morgan fingerprint density at radius 1 is 1.05 bits per heavy atom. The Hall–Kier alpha value is -1.88. The number of hydrogen-bond donors (Lipinski definition) is 3. The molecule has 0 unspecified atom stereocenters. The number of carbonyl (C=O) groups excluding carboxylic acids is 2. The van der Waals surface area contributed by atoms with Gasteiger partial charge in [0.05, 0.1) is 0 Å². The molecule has 0 spiro atoms. The van der Waals surface area contributed by atoms with Crippen LogP contribution in [0.1, 0.15) is 38.7 Å². The Bertz CT molecular complexity index is 461. The van der Waals surface area contributed by atoms with Gasteiger partial charge < -0.3 is 16.0 Å². The van der Waals surface area contributed by atoms with E-state index in [1.165, 1.54) is 0 Å². The molecule has 0 saturated heterocycles. The van der Waals surface area contributed by atoms with Gasteiger partial charge in [0, 0.05) is 31.6 Å². The van der Waals surface area contributed by atoms with Crippen LogP contribution in [0.25, 0.3) is 0 Å². The number of rotatable bonds is 9. The Balaban J connectivity index is 2.35. The predicted octanol–water partition coefficient (Wildman–Crippen LogP) is 2.04. The first-order valence-corrected chi connectivity index (χ1v) is 7.52. The fourth-order valence-corrected chi connectivity index (χ4v) is 1.95. The molecular weight excluding hydrogens is 266 g/mol. The molecule has 0 atom stereocenters. The number of benzene rings is 1. The van der Waals surface area contributed by atoms with Crippen molar-refractivity contribution < 1.29 is 9.59 Å². The van der Waals surface area contributed by atoms with Gasteiger partial charge in [0.25, 0.3) is 0 Å². The van der Waals surface area contributed by atoms with Crippen molar-refractivity contribution in [2.75, 3.05) is 18.4 Å². The zero-order valence-electron chi connectivity index (χ0n) is 12.9. The maximum absolute atomic E-state index is 11.8. The van der Waals surface area contributed by atoms with Crippen LogP contribution < -0.4 is 16.0 Å². The van der Waals surface area contributed by atoms with Crippen molar-refractivity contribution in [2.24, 2.45) is 0 Å². The third-order valence-electron chi connectivity index (χ3n) is 2.97. The number of carbonyl (C=O) groups is 2. The van der Waals surface area contributed by atoms with E-state index >= 15 is 0 Å². The first-order chi connectivity index (χ1) is 10.2. The van der Waals surface area contributed by atoms with E-state index < -0.39 is 0 Å². The molecule has 1 aromatic carbocycles. The number of anilines is 1. The zero-order chi connectivity index (χ0) is 15.5. The van der Waals surface area contributed by atoms with Crippen molar-refractivity contribution >= 4 is 17.5 Å². The minimum atomic E-state index is -0.0556. The van der Waals surface area contributed by atoms with Crippen LogP contribution in [-0.4, -0.2) is 24.9 Å². The normalized spacial score (nSPS) is 10.2. The molecule has 5 heteroatoms. The average Bonchev–Trinajstić information content (AvgIpc) is 2.46. The minimum Gasteiger partial charge on any atom is -0.356 e. The first-order valence-electron chi connectivity index (χ1n) is 7.52. The predicted molar refractivity (Wildman–Crippen MR) is 85.0 cm³/mol. The summed E-state index contributed by atoms with van der Waals surface area (Å²) in [6.07, 6.45) is 1.31. The van der Waals surface area contributed by atoms with E-state index in [1.54, 1.807) is 0 Å². The summed E-state index contributed by atoms with van der Waals surface area (Å²) in [5.41, 5.74) is 1.94. The lowest BCUT2D eigenvalue weighted by molar-refractivity contribution is -0.121. The first kappa shape index (κ1) is 17.2. The smallest absolute Gasteiger partial charge is 0.224 e. The van der Waals surface area contributed by atoms with Crippen LogP contribution in [-0.2, 0) is 16.1 Å². The van der Waals surface area contributed by atoms with Gasteiger partial charge in [0.2, 0.25) is 11.8 Å². The van der Waals surface area contributed by atoms with Gasteiger partial charge in [-0.1, -0.05) is 19.1 Å². The lowest BCUT2D eigenvalue weighted by Crippen LogP contribution is -2.22. The molecule has 0 radical (unpaired) electrons. The topological polar surface area (TPSA) is 70.2 Å². The monoisotopic (exact) mass is 291 g/mol. The van der Waals surface area contributed by atoms with Crippen LogP contribution >= 0.6 is 0 Å². The summed E-state index contributed by atoms with van der Waals surface area (Å²) >= 11 is 0. The van der Waals surface area contributed by atoms with E-state index in [-0.39, 0.29) is 11.8 Å². The number of nitrogens with one attached hydrogen (secondary N) is 3. The Kier molecular flexibility index (Phi) is 8.12. The number of amides is 2. The van der Waals surface area contributed by atoms with E-state index in [4.69, 9.17) is 0 Å². The van der Waals surface area contributed by atoms with Crippen LogP contribution in [0, 0.1) is 0 Å². The van der Waals surface area contributed by atoms with Crippen molar-refractivity contribution in [2.45, 2.75) is 39.7 Å². The molecule has 1 rings (SSSR count). The summed E-state index contributed by atoms with van der Waals surface area (Å²) in [5, 5.41) is 8.83. The molecule has 0 aliphatic heterocycles. The van der Waals surface area contributed by atoms with Crippen LogP contribution in [0.15, 0.2) is 24.3 Å². The molecule has 1 aromatic rings. The van der Waals surface area contributed by atoms with Crippen LogP contribution in [0.4, 0.5) is 5.69 Å². The summed E-state index contributed by atoms with van der Waals surface area (Å²) in [5.74, 6) is -0.0576. The zero-order valence-corrected chi connectivity index (χ0v) is 12.9. The summed E-state index contributed by atoms with van der Waals surface area (Å²) in [6, 6.07) is 7.78. The molecule has 0 bridgehead atoms. The molecule has 0 fully saturated rings. The molecule has 0 saturated carbocycles. The molecule has 3 N–H and O–H groups in total. The third-order valence-corrected chi connectivity index (χ3v) is 2.97. The Morgan fingerprint density at radius 3 is 2.52 bits per heavy atom. The Labute approximate surface area is 126 Å². The van der Waals surface area contributed by atoms with Crippen LogP contribution in [0.5, 0.6) is 0 Å². The van der Waals surface area contributed by atoms with E-state index in [0.29, 0.717) is 25.8 Å². The highest BCUT2D eigenvalue weighted by atomic mass is 16.2.